The first-order valence-corrected chi connectivity index (χ1v) is 10.5. The summed E-state index contributed by atoms with van der Waals surface area (Å²) in [6.45, 7) is 5.17. The average molecular weight is 425 g/mol. The fourth-order valence-corrected chi connectivity index (χ4v) is 4.13. The van der Waals surface area contributed by atoms with Crippen LogP contribution in [0.4, 0.5) is 0 Å². The topological polar surface area (TPSA) is 69.9 Å². The van der Waals surface area contributed by atoms with Gasteiger partial charge in [-0.05, 0) is 54.2 Å². The van der Waals surface area contributed by atoms with Gasteiger partial charge in [-0.25, -0.2) is 0 Å². The number of nitrogens with zero attached hydrogens (tertiary/aromatic N) is 2. The molecular formula is C19H29BrN4O2. The lowest BCUT2D eigenvalue weighted by molar-refractivity contribution is -0.134. The summed E-state index contributed by atoms with van der Waals surface area (Å²) in [4.78, 5) is 19.3. The van der Waals surface area contributed by atoms with E-state index in [0.29, 0.717) is 12.5 Å². The molecular weight excluding hydrogens is 396 g/mol. The first-order valence-electron chi connectivity index (χ1n) is 9.73. The molecule has 2 heterocycles. The summed E-state index contributed by atoms with van der Waals surface area (Å²) >= 11 is 3.32. The van der Waals surface area contributed by atoms with E-state index in [1.165, 1.54) is 12.8 Å². The molecule has 2 fully saturated rings. The molecule has 7 heteroatoms. The number of hydrogen-bond acceptors (Lipinski definition) is 3. The zero-order chi connectivity index (χ0) is 18.4. The van der Waals surface area contributed by atoms with Crippen LogP contribution in [-0.2, 0) is 11.2 Å². The Hall–Kier alpha value is -1.50. The predicted octanol–water partition coefficient (Wildman–Crippen LogP) is 2.93. The second kappa shape index (κ2) is 9.44. The standard InChI is InChI=1S/C19H29BrN4O2/c1-2-21-19(22-11-9-16-7-8-17(20)26-16)23-15-10-12-24(13-15)18(25)14-5-3-4-6-14/h7-8,14-15H,2-6,9-13H2,1H3,(H2,21,22,23). The summed E-state index contributed by atoms with van der Waals surface area (Å²) in [6, 6.07) is 4.14. The van der Waals surface area contributed by atoms with Crippen molar-refractivity contribution in [1.29, 1.82) is 0 Å². The van der Waals surface area contributed by atoms with Gasteiger partial charge in [-0.15, -0.1) is 0 Å². The van der Waals surface area contributed by atoms with E-state index in [0.717, 1.165) is 61.7 Å². The van der Waals surface area contributed by atoms with Crippen molar-refractivity contribution >= 4 is 27.8 Å². The van der Waals surface area contributed by atoms with E-state index in [1.807, 2.05) is 17.0 Å². The zero-order valence-electron chi connectivity index (χ0n) is 15.5. The lowest BCUT2D eigenvalue weighted by Gasteiger charge is -2.21. The molecule has 1 saturated heterocycles. The number of aliphatic imine (C=N–C) groups is 1. The first-order chi connectivity index (χ1) is 12.7. The number of carbonyl (C=O) groups is 1. The third kappa shape index (κ3) is 5.25. The van der Waals surface area contributed by atoms with Gasteiger partial charge >= 0.3 is 0 Å². The Kier molecular flexibility index (Phi) is 7.00. The van der Waals surface area contributed by atoms with E-state index in [4.69, 9.17) is 4.42 Å². The molecule has 2 N–H and O–H groups in total. The van der Waals surface area contributed by atoms with Gasteiger partial charge in [-0.1, -0.05) is 12.8 Å². The molecule has 1 aromatic heterocycles. The number of halogens is 1. The zero-order valence-corrected chi connectivity index (χ0v) is 17.1. The number of likely N-dealkylation sites (tertiary alicyclic amines) is 1. The largest absolute Gasteiger partial charge is 0.454 e. The van der Waals surface area contributed by atoms with Crippen LogP contribution < -0.4 is 10.6 Å². The van der Waals surface area contributed by atoms with E-state index in [2.05, 4.69) is 38.5 Å². The van der Waals surface area contributed by atoms with Crippen molar-refractivity contribution in [1.82, 2.24) is 15.5 Å². The molecule has 1 aliphatic carbocycles. The Bertz CT molecular complexity index is 625. The van der Waals surface area contributed by atoms with Crippen LogP contribution in [0.25, 0.3) is 0 Å². The van der Waals surface area contributed by atoms with Crippen LogP contribution in [0, 0.1) is 5.92 Å². The molecule has 3 rings (SSSR count). The lowest BCUT2D eigenvalue weighted by Crippen LogP contribution is -2.45. The predicted molar refractivity (Wildman–Crippen MR) is 106 cm³/mol. The summed E-state index contributed by atoms with van der Waals surface area (Å²) in [6.07, 6.45) is 6.29. The van der Waals surface area contributed by atoms with Crippen molar-refractivity contribution in [2.75, 3.05) is 26.2 Å². The third-order valence-corrected chi connectivity index (χ3v) is 5.57. The number of carbonyl (C=O) groups excluding carboxylic acids is 1. The molecule has 0 bridgehead atoms. The normalized spacial score (nSPS) is 21.4. The minimum Gasteiger partial charge on any atom is -0.454 e. The molecule has 1 aromatic rings. The Morgan fingerprint density at radius 3 is 2.85 bits per heavy atom. The van der Waals surface area contributed by atoms with Crippen molar-refractivity contribution in [3.8, 4) is 0 Å². The van der Waals surface area contributed by atoms with Gasteiger partial charge < -0.3 is 20.0 Å². The molecule has 26 heavy (non-hydrogen) atoms. The summed E-state index contributed by atoms with van der Waals surface area (Å²) in [5.41, 5.74) is 0. The van der Waals surface area contributed by atoms with E-state index in [1.54, 1.807) is 0 Å². The smallest absolute Gasteiger partial charge is 0.225 e. The highest BCUT2D eigenvalue weighted by molar-refractivity contribution is 9.10. The van der Waals surface area contributed by atoms with Gasteiger partial charge in [0.1, 0.15) is 5.76 Å². The number of nitrogens with one attached hydrogen (secondary N) is 2. The van der Waals surface area contributed by atoms with Crippen molar-refractivity contribution in [2.24, 2.45) is 10.9 Å². The quantitative estimate of drug-likeness (QED) is 0.543. The van der Waals surface area contributed by atoms with Crippen molar-refractivity contribution in [3.63, 3.8) is 0 Å². The van der Waals surface area contributed by atoms with Crippen LogP contribution in [0.5, 0.6) is 0 Å². The Labute approximate surface area is 163 Å². The van der Waals surface area contributed by atoms with Crippen LogP contribution in [0.1, 0.15) is 44.8 Å². The van der Waals surface area contributed by atoms with Crippen LogP contribution in [0.3, 0.4) is 0 Å². The summed E-state index contributed by atoms with van der Waals surface area (Å²) in [5, 5.41) is 6.78. The molecule has 0 radical (unpaired) electrons. The number of rotatable bonds is 6. The molecule has 1 amide bonds. The molecule has 0 spiro atoms. The van der Waals surface area contributed by atoms with Crippen LogP contribution in [-0.4, -0.2) is 49.0 Å². The molecule has 1 atom stereocenters. The van der Waals surface area contributed by atoms with Gasteiger partial charge in [-0.2, -0.15) is 0 Å². The summed E-state index contributed by atoms with van der Waals surface area (Å²) in [5.74, 6) is 2.37. The lowest BCUT2D eigenvalue weighted by atomic mass is 10.1. The molecule has 144 valence electrons. The Morgan fingerprint density at radius 1 is 1.35 bits per heavy atom. The molecule has 6 nitrogen and oxygen atoms in total. The van der Waals surface area contributed by atoms with Gasteiger partial charge in [0.2, 0.25) is 5.91 Å². The first kappa shape index (κ1) is 19.3. The van der Waals surface area contributed by atoms with E-state index in [-0.39, 0.29) is 12.0 Å². The van der Waals surface area contributed by atoms with Crippen LogP contribution in [0.15, 0.2) is 26.2 Å². The highest BCUT2D eigenvalue weighted by Gasteiger charge is 2.32. The molecule has 2 aliphatic rings. The minimum atomic E-state index is 0.267. The molecule has 1 aliphatic heterocycles. The van der Waals surface area contributed by atoms with Crippen molar-refractivity contribution < 1.29 is 9.21 Å². The van der Waals surface area contributed by atoms with Gasteiger partial charge in [0, 0.05) is 44.6 Å². The second-order valence-electron chi connectivity index (χ2n) is 7.11. The highest BCUT2D eigenvalue weighted by atomic mass is 79.9. The van der Waals surface area contributed by atoms with E-state index < -0.39 is 0 Å². The molecule has 1 saturated carbocycles. The number of hydrogen-bond donors (Lipinski definition) is 2. The van der Waals surface area contributed by atoms with Crippen molar-refractivity contribution in [2.45, 2.75) is 51.5 Å². The summed E-state index contributed by atoms with van der Waals surface area (Å²) in [7, 11) is 0. The minimum absolute atomic E-state index is 0.267. The number of furan rings is 1. The molecule has 0 aromatic carbocycles. The SMILES string of the molecule is CCNC(=NCCc1ccc(Br)o1)NC1CCN(C(=O)C2CCCC2)C1. The van der Waals surface area contributed by atoms with E-state index >= 15 is 0 Å². The molecule has 1 unspecified atom stereocenters. The third-order valence-electron chi connectivity index (χ3n) is 5.15. The van der Waals surface area contributed by atoms with Gasteiger partial charge in [0.15, 0.2) is 10.6 Å². The fraction of sp³-hybridized carbons (Fsp3) is 0.684. The maximum atomic E-state index is 12.6. The van der Waals surface area contributed by atoms with Crippen molar-refractivity contribution in [3.05, 3.63) is 22.6 Å². The maximum Gasteiger partial charge on any atom is 0.225 e. The number of guanidine groups is 1. The Balaban J connectivity index is 1.48. The average Bonchev–Trinajstić information content (AvgIpc) is 3.36. The second-order valence-corrected chi connectivity index (χ2v) is 7.89. The van der Waals surface area contributed by atoms with Crippen LogP contribution >= 0.6 is 15.9 Å². The Morgan fingerprint density at radius 2 is 2.15 bits per heavy atom. The monoisotopic (exact) mass is 424 g/mol. The van der Waals surface area contributed by atoms with E-state index in [9.17, 15) is 4.79 Å². The van der Waals surface area contributed by atoms with Gasteiger partial charge in [-0.3, -0.25) is 9.79 Å². The van der Waals surface area contributed by atoms with Gasteiger partial charge in [0.25, 0.3) is 0 Å². The number of amides is 1. The summed E-state index contributed by atoms with van der Waals surface area (Å²) < 4.78 is 6.26. The fourth-order valence-electron chi connectivity index (χ4n) is 3.79. The van der Waals surface area contributed by atoms with Gasteiger partial charge in [0.05, 0.1) is 0 Å². The maximum absolute atomic E-state index is 12.6. The highest BCUT2D eigenvalue weighted by Crippen LogP contribution is 2.27. The van der Waals surface area contributed by atoms with Crippen LogP contribution in [0.2, 0.25) is 0 Å².